The smallest absolute Gasteiger partial charge is 0.308 e. The average molecular weight is 208 g/mol. The molecule has 2 nitrogen and oxygen atoms in total. The summed E-state index contributed by atoms with van der Waals surface area (Å²) in [5, 5.41) is 0. The number of nitrogens with one attached hydrogen (secondary N) is 2. The van der Waals surface area contributed by atoms with Gasteiger partial charge in [-0.3, -0.25) is 0 Å². The van der Waals surface area contributed by atoms with E-state index in [2.05, 4.69) is 51.5 Å². The van der Waals surface area contributed by atoms with Crippen molar-refractivity contribution in [3.8, 4) is 0 Å². The van der Waals surface area contributed by atoms with Gasteiger partial charge in [0.1, 0.15) is 0 Å². The molecule has 73 valence electrons. The van der Waals surface area contributed by atoms with Crippen LogP contribution in [0, 0.1) is 0 Å². The van der Waals surface area contributed by atoms with Crippen LogP contribution in [0.25, 0.3) is 0 Å². The Bertz CT molecular complexity index is 121. The van der Waals surface area contributed by atoms with Crippen molar-refractivity contribution in [1.82, 2.24) is 9.96 Å². The third-order valence-electron chi connectivity index (χ3n) is 0.969. The molecule has 0 aliphatic heterocycles. The van der Waals surface area contributed by atoms with Crippen LogP contribution in [0.3, 0.4) is 0 Å². The maximum Gasteiger partial charge on any atom is 0.339 e. The summed E-state index contributed by atoms with van der Waals surface area (Å²) in [6, 6.07) is 0. The first-order chi connectivity index (χ1) is 5.10. The molecule has 0 aromatic heterocycles. The zero-order chi connectivity index (χ0) is 9.99. The summed E-state index contributed by atoms with van der Waals surface area (Å²) in [5.41, 5.74) is 0.183. The van der Waals surface area contributed by atoms with Crippen molar-refractivity contribution in [2.75, 3.05) is 0 Å². The molecule has 0 atom stereocenters. The lowest BCUT2D eigenvalue weighted by molar-refractivity contribution is 0.482. The van der Waals surface area contributed by atoms with Crippen LogP contribution in [0.1, 0.15) is 41.5 Å². The highest BCUT2D eigenvalue weighted by atomic mass is 35.6. The Hall–Kier alpha value is 0.427. The molecule has 2 N–H and O–H groups in total. The van der Waals surface area contributed by atoms with Crippen molar-refractivity contribution in [3.63, 3.8) is 0 Å². The first-order valence-corrected chi connectivity index (χ1v) is 6.70. The number of halogens is 1. The molecule has 0 aromatic rings. The topological polar surface area (TPSA) is 24.1 Å². The molecule has 12 heavy (non-hydrogen) atoms. The molecule has 1 radical (unpaired) electrons. The molecule has 0 bridgehead atoms. The Morgan fingerprint density at radius 2 is 1.08 bits per heavy atom. The van der Waals surface area contributed by atoms with E-state index in [9.17, 15) is 0 Å². The zero-order valence-corrected chi connectivity index (χ0v) is 10.6. The van der Waals surface area contributed by atoms with Crippen LogP contribution in [-0.2, 0) is 0 Å². The fourth-order valence-electron chi connectivity index (χ4n) is 0.690. The van der Waals surface area contributed by atoms with E-state index in [1.165, 1.54) is 0 Å². The van der Waals surface area contributed by atoms with Crippen molar-refractivity contribution in [2.24, 2.45) is 0 Å². The van der Waals surface area contributed by atoms with E-state index in [-0.39, 0.29) is 11.1 Å². The summed E-state index contributed by atoms with van der Waals surface area (Å²) in [5.74, 6) is 0. The van der Waals surface area contributed by atoms with Crippen LogP contribution in [0.5, 0.6) is 0 Å². The fourth-order valence-corrected chi connectivity index (χ4v) is 3.77. The van der Waals surface area contributed by atoms with Gasteiger partial charge in [-0.25, -0.2) is 0 Å². The van der Waals surface area contributed by atoms with Gasteiger partial charge in [-0.15, -0.1) is 11.1 Å². The monoisotopic (exact) mass is 207 g/mol. The molecule has 0 saturated carbocycles. The third kappa shape index (κ3) is 8.52. The fraction of sp³-hybridized carbons (Fsp3) is 1.00. The second-order valence-corrected chi connectivity index (χ2v) is 7.33. The highest BCUT2D eigenvalue weighted by Crippen LogP contribution is 2.04. The van der Waals surface area contributed by atoms with E-state index >= 15 is 0 Å². The average Bonchev–Trinajstić information content (AvgIpc) is 1.49. The lowest BCUT2D eigenvalue weighted by Crippen LogP contribution is -2.57. The standard InChI is InChI=1S/C8H20ClN2Si/c1-7(2,3)10-12(9)11-8(4,5)6/h10-11H,1-6H3. The minimum Gasteiger partial charge on any atom is -0.308 e. The lowest BCUT2D eigenvalue weighted by atomic mass is 10.1. The summed E-state index contributed by atoms with van der Waals surface area (Å²) in [4.78, 5) is 6.66. The van der Waals surface area contributed by atoms with E-state index in [1.54, 1.807) is 0 Å². The van der Waals surface area contributed by atoms with E-state index in [0.717, 1.165) is 0 Å². The minimum atomic E-state index is -1.13. The molecular weight excluding hydrogens is 188 g/mol. The largest absolute Gasteiger partial charge is 0.339 e. The maximum absolute atomic E-state index is 6.13. The molecule has 0 fully saturated rings. The quantitative estimate of drug-likeness (QED) is 0.535. The van der Waals surface area contributed by atoms with Gasteiger partial charge in [0.25, 0.3) is 0 Å². The number of rotatable bonds is 2. The van der Waals surface area contributed by atoms with Crippen molar-refractivity contribution in [1.29, 1.82) is 0 Å². The molecule has 0 unspecified atom stereocenters. The molecule has 0 heterocycles. The van der Waals surface area contributed by atoms with Crippen LogP contribution < -0.4 is 9.96 Å². The predicted octanol–water partition coefficient (Wildman–Crippen LogP) is 1.99. The van der Waals surface area contributed by atoms with Gasteiger partial charge in [0, 0.05) is 11.1 Å². The van der Waals surface area contributed by atoms with Gasteiger partial charge in [-0.2, -0.15) is 0 Å². The zero-order valence-electron chi connectivity index (χ0n) is 8.88. The first-order valence-electron chi connectivity index (χ1n) is 4.19. The Kier molecular flexibility index (Phi) is 4.24. The Morgan fingerprint density at radius 3 is 1.25 bits per heavy atom. The van der Waals surface area contributed by atoms with Crippen LogP contribution in [0.2, 0.25) is 0 Å². The molecule has 0 spiro atoms. The minimum absolute atomic E-state index is 0.0916. The van der Waals surface area contributed by atoms with Crippen LogP contribution in [0.4, 0.5) is 0 Å². The van der Waals surface area contributed by atoms with Gasteiger partial charge in [0.2, 0.25) is 0 Å². The summed E-state index contributed by atoms with van der Waals surface area (Å²) >= 11 is 6.13. The first kappa shape index (κ1) is 12.4. The van der Waals surface area contributed by atoms with Gasteiger partial charge in [-0.05, 0) is 41.5 Å². The molecule has 0 rings (SSSR count). The van der Waals surface area contributed by atoms with Gasteiger partial charge in [-0.1, -0.05) is 0 Å². The van der Waals surface area contributed by atoms with Gasteiger partial charge < -0.3 is 9.96 Å². The van der Waals surface area contributed by atoms with Crippen molar-refractivity contribution in [2.45, 2.75) is 52.6 Å². The second kappa shape index (κ2) is 4.09. The predicted molar refractivity (Wildman–Crippen MR) is 57.4 cm³/mol. The van der Waals surface area contributed by atoms with Crippen LogP contribution >= 0.6 is 11.1 Å². The Balaban J connectivity index is 3.83. The van der Waals surface area contributed by atoms with Crippen LogP contribution in [0.15, 0.2) is 0 Å². The van der Waals surface area contributed by atoms with Crippen molar-refractivity contribution in [3.05, 3.63) is 0 Å². The molecule has 0 aliphatic rings. The Labute approximate surface area is 82.5 Å². The summed E-state index contributed by atoms with van der Waals surface area (Å²) in [7, 11) is -1.13. The lowest BCUT2D eigenvalue weighted by Gasteiger charge is -2.28. The molecule has 0 aliphatic carbocycles. The molecule has 0 saturated heterocycles. The maximum atomic E-state index is 6.13. The summed E-state index contributed by atoms with van der Waals surface area (Å²) in [6.45, 7) is 12.7. The molecular formula is C8H20ClN2Si. The van der Waals surface area contributed by atoms with E-state index in [1.807, 2.05) is 0 Å². The number of hydrogen-bond acceptors (Lipinski definition) is 2. The number of hydrogen-bond donors (Lipinski definition) is 2. The van der Waals surface area contributed by atoms with E-state index < -0.39 is 8.43 Å². The molecule has 4 heteroatoms. The van der Waals surface area contributed by atoms with Crippen LogP contribution in [-0.4, -0.2) is 19.5 Å². The molecule has 0 amide bonds. The Morgan fingerprint density at radius 1 is 0.833 bits per heavy atom. The third-order valence-corrected chi connectivity index (χ3v) is 3.48. The highest BCUT2D eigenvalue weighted by molar-refractivity contribution is 7.04. The highest BCUT2D eigenvalue weighted by Gasteiger charge is 2.22. The van der Waals surface area contributed by atoms with Gasteiger partial charge in [0.15, 0.2) is 0 Å². The van der Waals surface area contributed by atoms with Gasteiger partial charge >= 0.3 is 8.43 Å². The summed E-state index contributed by atoms with van der Waals surface area (Å²) in [6.07, 6.45) is 0. The SMILES string of the molecule is CC(C)(C)N[Si](Cl)NC(C)(C)C. The van der Waals surface area contributed by atoms with Gasteiger partial charge in [0.05, 0.1) is 0 Å². The molecule has 0 aromatic carbocycles. The van der Waals surface area contributed by atoms with E-state index in [4.69, 9.17) is 11.1 Å². The van der Waals surface area contributed by atoms with E-state index in [0.29, 0.717) is 0 Å². The second-order valence-electron chi connectivity index (χ2n) is 5.06. The van der Waals surface area contributed by atoms with Crippen molar-refractivity contribution >= 4 is 19.5 Å². The van der Waals surface area contributed by atoms with Crippen molar-refractivity contribution < 1.29 is 0 Å². The summed E-state index contributed by atoms with van der Waals surface area (Å²) < 4.78 is 0. The normalized spacial score (nSPS) is 14.0.